The van der Waals surface area contributed by atoms with Crippen molar-refractivity contribution in [1.82, 2.24) is 30.1 Å². The Kier molecular flexibility index (Phi) is 8.46. The minimum Gasteiger partial charge on any atom is -0.422 e. The van der Waals surface area contributed by atoms with Crippen LogP contribution in [0.3, 0.4) is 0 Å². The largest absolute Gasteiger partial charge is 0.422 e. The van der Waals surface area contributed by atoms with Crippen molar-refractivity contribution in [2.75, 3.05) is 19.0 Å². The Balaban J connectivity index is 1.38. The molecule has 42 heavy (non-hydrogen) atoms. The maximum atomic E-state index is 14.4. The molecule has 1 amide bonds. The fourth-order valence-corrected chi connectivity index (χ4v) is 5.00. The number of alkyl halides is 1. The van der Waals surface area contributed by atoms with Crippen LogP contribution in [0.4, 0.5) is 10.1 Å². The molecule has 220 valence electrons. The summed E-state index contributed by atoms with van der Waals surface area (Å²) in [6.45, 7) is 2.62. The minimum absolute atomic E-state index is 0.0510. The lowest BCUT2D eigenvalue weighted by molar-refractivity contribution is -0.00177. The molecule has 13 heteroatoms. The number of nitriles is 1. The summed E-state index contributed by atoms with van der Waals surface area (Å²) in [4.78, 5) is 17.7. The van der Waals surface area contributed by atoms with Crippen LogP contribution < -0.4 is 10.6 Å². The molecule has 5 rings (SSSR count). The van der Waals surface area contributed by atoms with Crippen LogP contribution in [-0.2, 0) is 11.3 Å². The summed E-state index contributed by atoms with van der Waals surface area (Å²) < 4.78 is 26.9. The highest BCUT2D eigenvalue weighted by molar-refractivity contribution is 6.00. The van der Waals surface area contributed by atoms with Crippen molar-refractivity contribution in [2.45, 2.75) is 69.9 Å². The highest BCUT2D eigenvalue weighted by Gasteiger charge is 2.29. The van der Waals surface area contributed by atoms with E-state index in [1.165, 1.54) is 26.2 Å². The van der Waals surface area contributed by atoms with Gasteiger partial charge in [0.2, 0.25) is 11.8 Å². The van der Waals surface area contributed by atoms with Crippen molar-refractivity contribution in [2.24, 2.45) is 0 Å². The molecule has 0 unspecified atom stereocenters. The van der Waals surface area contributed by atoms with Gasteiger partial charge >= 0.3 is 0 Å². The maximum absolute atomic E-state index is 14.4. The number of anilines is 1. The zero-order valence-electron chi connectivity index (χ0n) is 23.7. The molecule has 0 spiro atoms. The first-order valence-electron chi connectivity index (χ1n) is 13.8. The number of nitrogens with zero attached hydrogens (tertiary/aromatic N) is 6. The number of carbonyl (C=O) groups excluding carboxylic acids is 1. The second kappa shape index (κ2) is 12.2. The van der Waals surface area contributed by atoms with Crippen LogP contribution in [0.1, 0.15) is 73.2 Å². The molecule has 4 heterocycles. The average molecular weight is 577 g/mol. The molecule has 4 aromatic heterocycles. The fraction of sp³-hybridized carbons (Fsp3) is 0.448. The predicted molar refractivity (Wildman–Crippen MR) is 150 cm³/mol. The van der Waals surface area contributed by atoms with E-state index in [9.17, 15) is 19.6 Å². The molecule has 1 saturated carbocycles. The van der Waals surface area contributed by atoms with Crippen LogP contribution in [0.2, 0.25) is 0 Å². The highest BCUT2D eigenvalue weighted by Crippen LogP contribution is 2.34. The number of carbonyl (C=O) groups is 1. The monoisotopic (exact) mass is 576 g/mol. The van der Waals surface area contributed by atoms with Gasteiger partial charge in [-0.15, -0.1) is 10.2 Å². The van der Waals surface area contributed by atoms with E-state index in [-0.39, 0.29) is 30.7 Å². The Morgan fingerprint density at radius 2 is 2.05 bits per heavy atom. The van der Waals surface area contributed by atoms with Gasteiger partial charge in [0.15, 0.2) is 0 Å². The van der Waals surface area contributed by atoms with Crippen molar-refractivity contribution >= 4 is 17.1 Å². The van der Waals surface area contributed by atoms with Crippen LogP contribution in [0, 0.1) is 11.3 Å². The Bertz CT molecular complexity index is 1600. The van der Waals surface area contributed by atoms with E-state index in [1.54, 1.807) is 23.8 Å². The topological polar surface area (TPSA) is 163 Å². The lowest BCUT2D eigenvalue weighted by Gasteiger charge is -2.29. The van der Waals surface area contributed by atoms with Crippen molar-refractivity contribution in [1.29, 1.82) is 5.26 Å². The molecule has 0 saturated heterocycles. The van der Waals surface area contributed by atoms with Gasteiger partial charge in [-0.1, -0.05) is 0 Å². The number of aliphatic hydroxyl groups is 1. The molecule has 1 aliphatic rings. The first-order chi connectivity index (χ1) is 20.2. The lowest BCUT2D eigenvalue weighted by Crippen LogP contribution is -2.42. The van der Waals surface area contributed by atoms with Gasteiger partial charge in [0.05, 0.1) is 52.1 Å². The second-order valence-corrected chi connectivity index (χ2v) is 11.0. The van der Waals surface area contributed by atoms with Gasteiger partial charge in [0.25, 0.3) is 5.91 Å². The predicted octanol–water partition coefficient (Wildman–Crippen LogP) is 3.77. The number of aromatic nitrogens is 5. The normalized spacial score (nSPS) is 18.0. The van der Waals surface area contributed by atoms with E-state index in [1.807, 2.05) is 12.1 Å². The van der Waals surface area contributed by atoms with Crippen molar-refractivity contribution in [3.05, 3.63) is 59.6 Å². The summed E-state index contributed by atoms with van der Waals surface area (Å²) in [5.74, 6) is 0.678. The second-order valence-electron chi connectivity index (χ2n) is 11.0. The Labute approximate surface area is 241 Å². The zero-order chi connectivity index (χ0) is 29.9. The first-order valence-corrected chi connectivity index (χ1v) is 13.8. The summed E-state index contributed by atoms with van der Waals surface area (Å²) in [6.07, 6.45) is 4.50. The summed E-state index contributed by atoms with van der Waals surface area (Å²) in [5, 5.41) is 37.8. The molecule has 12 nitrogen and oxygen atoms in total. The van der Waals surface area contributed by atoms with Crippen LogP contribution in [0.25, 0.3) is 16.9 Å². The minimum atomic E-state index is -1.65. The summed E-state index contributed by atoms with van der Waals surface area (Å²) >= 11 is 0. The standard InChI is InChI=1S/C29H33FN8O4/c1-29(2,40)25(30)15-33-27(39)21-14-32-23(24-9-8-20-10-17(12-31)13-34-38(20)24)11-22(21)35-19-6-4-18(5-7-19)28-37-36-26(42-28)16-41-3/h8-11,13-14,18-19,25,40H,4-7,15-16H2,1-3H3,(H,32,35)(H,33,39)/t18-,19-,25-/m1/s1. The first kappa shape index (κ1) is 29.1. The number of pyridine rings is 1. The number of fused-ring (bicyclic) bond motifs is 1. The third-order valence-electron chi connectivity index (χ3n) is 7.44. The zero-order valence-corrected chi connectivity index (χ0v) is 23.7. The smallest absolute Gasteiger partial charge is 0.255 e. The lowest BCUT2D eigenvalue weighted by atomic mass is 9.85. The SMILES string of the molecule is COCc1nnc([C@H]2CC[C@H](Nc3cc(-c4ccc5cc(C#N)cnn45)ncc3C(=O)NC[C@@H](F)C(C)(C)O)CC2)o1. The van der Waals surface area contributed by atoms with Crippen LogP contribution >= 0.6 is 0 Å². The van der Waals surface area contributed by atoms with E-state index in [4.69, 9.17) is 9.15 Å². The van der Waals surface area contributed by atoms with E-state index < -0.39 is 17.7 Å². The summed E-state index contributed by atoms with van der Waals surface area (Å²) in [7, 11) is 1.57. The number of rotatable bonds is 10. The fourth-order valence-electron chi connectivity index (χ4n) is 5.00. The number of hydrogen-bond donors (Lipinski definition) is 3. The number of methoxy groups -OCH3 is 1. The van der Waals surface area contributed by atoms with Gasteiger partial charge in [-0.2, -0.15) is 10.4 Å². The van der Waals surface area contributed by atoms with Crippen molar-refractivity contribution in [3.63, 3.8) is 0 Å². The van der Waals surface area contributed by atoms with Crippen LogP contribution in [0.5, 0.6) is 0 Å². The Hall–Kier alpha value is -4.41. The van der Waals surface area contributed by atoms with E-state index in [0.717, 1.165) is 31.2 Å². The number of hydrogen-bond acceptors (Lipinski definition) is 10. The molecular formula is C29H33FN8O4. The van der Waals surface area contributed by atoms with Gasteiger partial charge in [-0.25, -0.2) is 8.91 Å². The van der Waals surface area contributed by atoms with E-state index >= 15 is 0 Å². The van der Waals surface area contributed by atoms with Gasteiger partial charge in [-0.05, 0) is 63.8 Å². The molecule has 0 aliphatic heterocycles. The maximum Gasteiger partial charge on any atom is 0.255 e. The van der Waals surface area contributed by atoms with Gasteiger partial charge in [-0.3, -0.25) is 9.78 Å². The van der Waals surface area contributed by atoms with Gasteiger partial charge < -0.3 is 24.9 Å². The number of ether oxygens (including phenoxy) is 1. The quantitative estimate of drug-likeness (QED) is 0.253. The van der Waals surface area contributed by atoms with Crippen molar-refractivity contribution in [3.8, 4) is 17.5 Å². The summed E-state index contributed by atoms with van der Waals surface area (Å²) in [6, 6.07) is 9.33. The van der Waals surface area contributed by atoms with Crippen LogP contribution in [0.15, 0.2) is 41.1 Å². The van der Waals surface area contributed by atoms with E-state index in [2.05, 4.69) is 37.0 Å². The van der Waals surface area contributed by atoms with Crippen molar-refractivity contribution < 1.29 is 23.4 Å². The molecule has 0 aromatic carbocycles. The molecular weight excluding hydrogens is 543 g/mol. The van der Waals surface area contributed by atoms with E-state index in [0.29, 0.717) is 34.4 Å². The Morgan fingerprint density at radius 3 is 2.76 bits per heavy atom. The molecule has 3 N–H and O–H groups in total. The van der Waals surface area contributed by atoms with Gasteiger partial charge in [0, 0.05) is 25.3 Å². The summed E-state index contributed by atoms with van der Waals surface area (Å²) in [5.41, 5.74) is 1.63. The molecule has 0 radical (unpaired) electrons. The number of nitrogens with one attached hydrogen (secondary N) is 2. The van der Waals surface area contributed by atoms with Crippen LogP contribution in [-0.4, -0.2) is 67.3 Å². The number of halogens is 1. The molecule has 1 fully saturated rings. The third-order valence-corrected chi connectivity index (χ3v) is 7.44. The molecule has 0 bridgehead atoms. The molecule has 1 atom stereocenters. The highest BCUT2D eigenvalue weighted by atomic mass is 19.1. The van der Waals surface area contributed by atoms with Gasteiger partial charge in [0.1, 0.15) is 18.8 Å². The third kappa shape index (κ3) is 6.40. The average Bonchev–Trinajstić information content (AvgIpc) is 3.63. The molecule has 1 aliphatic carbocycles. The Morgan fingerprint density at radius 1 is 1.26 bits per heavy atom. The number of amides is 1. The molecule has 4 aromatic rings.